The Labute approximate surface area is 160 Å². The first-order valence-electron chi connectivity index (χ1n) is 8.94. The van der Waals surface area contributed by atoms with Crippen molar-refractivity contribution >= 4 is 39.2 Å². The summed E-state index contributed by atoms with van der Waals surface area (Å²) < 4.78 is 0.924. The standard InChI is InChI=1S/C20H21BrN2O3/c21-11-5-7-17-14(9-11)15(20(26)23-17)10-18-13(6-8-19(24)25)12-3-1-2-4-16(12)22-18/h5,7,9-10,19,22,24-25H,1-4,6,8H2,(H,23,26). The van der Waals surface area contributed by atoms with Gasteiger partial charge in [0.05, 0.1) is 5.57 Å². The highest BCUT2D eigenvalue weighted by Gasteiger charge is 2.26. The number of anilines is 1. The van der Waals surface area contributed by atoms with Gasteiger partial charge in [-0.2, -0.15) is 0 Å². The molecule has 0 fully saturated rings. The fraction of sp³-hybridized carbons (Fsp3) is 0.350. The molecule has 0 atom stereocenters. The van der Waals surface area contributed by atoms with Crippen LogP contribution in [0, 0.1) is 0 Å². The normalized spacial score (nSPS) is 17.5. The number of carbonyl (C=O) groups is 1. The molecule has 2 aliphatic rings. The van der Waals surface area contributed by atoms with Crippen LogP contribution in [0.4, 0.5) is 5.69 Å². The first-order valence-corrected chi connectivity index (χ1v) is 9.74. The van der Waals surface area contributed by atoms with E-state index in [4.69, 9.17) is 0 Å². The Kier molecular flexibility index (Phi) is 4.73. The number of aliphatic hydroxyl groups excluding tert-OH is 1. The SMILES string of the molecule is O=C1Nc2ccc(Br)cc2C1=Cc1[nH]c2c(c1CCC(O)O)CCCC2. The van der Waals surface area contributed by atoms with Crippen LogP contribution in [0.25, 0.3) is 11.6 Å². The van der Waals surface area contributed by atoms with Crippen molar-refractivity contribution in [3.8, 4) is 0 Å². The maximum absolute atomic E-state index is 12.5. The number of hydrogen-bond acceptors (Lipinski definition) is 3. The molecule has 0 bridgehead atoms. The van der Waals surface area contributed by atoms with Gasteiger partial charge < -0.3 is 20.5 Å². The number of aromatic nitrogens is 1. The minimum absolute atomic E-state index is 0.112. The summed E-state index contributed by atoms with van der Waals surface area (Å²) in [7, 11) is 0. The zero-order chi connectivity index (χ0) is 18.3. The van der Waals surface area contributed by atoms with Crippen LogP contribution in [0.3, 0.4) is 0 Å². The number of halogens is 1. The van der Waals surface area contributed by atoms with Gasteiger partial charge in [-0.3, -0.25) is 4.79 Å². The minimum Gasteiger partial charge on any atom is -0.368 e. The third kappa shape index (κ3) is 3.24. The van der Waals surface area contributed by atoms with E-state index in [2.05, 4.69) is 26.2 Å². The van der Waals surface area contributed by atoms with Crippen LogP contribution in [0.1, 0.15) is 47.3 Å². The molecular formula is C20H21BrN2O3. The highest BCUT2D eigenvalue weighted by atomic mass is 79.9. The average Bonchev–Trinajstić information content (AvgIpc) is 3.11. The smallest absolute Gasteiger partial charge is 0.256 e. The van der Waals surface area contributed by atoms with E-state index in [0.717, 1.165) is 52.7 Å². The molecule has 6 heteroatoms. The monoisotopic (exact) mass is 416 g/mol. The summed E-state index contributed by atoms with van der Waals surface area (Å²) in [5.74, 6) is -0.112. The summed E-state index contributed by atoms with van der Waals surface area (Å²) in [5.41, 5.74) is 6.85. The number of nitrogens with one attached hydrogen (secondary N) is 2. The number of fused-ring (bicyclic) bond motifs is 2. The fourth-order valence-electron chi connectivity index (χ4n) is 3.91. The fourth-order valence-corrected chi connectivity index (χ4v) is 4.27. The van der Waals surface area contributed by atoms with E-state index in [-0.39, 0.29) is 12.3 Å². The quantitative estimate of drug-likeness (QED) is 0.455. The summed E-state index contributed by atoms with van der Waals surface area (Å²) in [6.07, 6.45) is 5.75. The molecule has 0 saturated heterocycles. The van der Waals surface area contributed by atoms with Crippen molar-refractivity contribution in [2.75, 3.05) is 5.32 Å². The number of hydrogen-bond donors (Lipinski definition) is 4. The van der Waals surface area contributed by atoms with Crippen LogP contribution in [0.15, 0.2) is 22.7 Å². The lowest BCUT2D eigenvalue weighted by Crippen LogP contribution is -2.08. The molecule has 5 nitrogen and oxygen atoms in total. The Morgan fingerprint density at radius 2 is 2.04 bits per heavy atom. The molecule has 2 aromatic rings. The molecule has 0 unspecified atom stereocenters. The predicted octanol–water partition coefficient (Wildman–Crippen LogP) is 3.39. The maximum atomic E-state index is 12.5. The molecule has 136 valence electrons. The van der Waals surface area contributed by atoms with Gasteiger partial charge >= 0.3 is 0 Å². The molecular weight excluding hydrogens is 396 g/mol. The van der Waals surface area contributed by atoms with Crippen LogP contribution >= 0.6 is 15.9 Å². The second kappa shape index (κ2) is 7.02. The van der Waals surface area contributed by atoms with Gasteiger partial charge in [0.1, 0.15) is 0 Å². The molecule has 1 aromatic carbocycles. The molecule has 1 aromatic heterocycles. The highest BCUT2D eigenvalue weighted by molar-refractivity contribution is 9.10. The second-order valence-electron chi connectivity index (χ2n) is 6.90. The van der Waals surface area contributed by atoms with Crippen molar-refractivity contribution in [3.05, 3.63) is 50.8 Å². The number of amides is 1. The van der Waals surface area contributed by atoms with Crippen molar-refractivity contribution in [1.82, 2.24) is 4.98 Å². The molecule has 0 radical (unpaired) electrons. The summed E-state index contributed by atoms with van der Waals surface area (Å²) in [6.45, 7) is 0. The highest BCUT2D eigenvalue weighted by Crippen LogP contribution is 2.37. The number of benzene rings is 1. The Morgan fingerprint density at radius 3 is 2.85 bits per heavy atom. The average molecular weight is 417 g/mol. The number of carbonyl (C=O) groups excluding carboxylic acids is 1. The Morgan fingerprint density at radius 1 is 1.23 bits per heavy atom. The maximum Gasteiger partial charge on any atom is 0.256 e. The number of aromatic amines is 1. The van der Waals surface area contributed by atoms with E-state index in [0.29, 0.717) is 12.0 Å². The molecule has 1 aliphatic carbocycles. The van der Waals surface area contributed by atoms with Gasteiger partial charge in [0.25, 0.3) is 5.91 Å². The Balaban J connectivity index is 1.78. The van der Waals surface area contributed by atoms with Crippen LogP contribution < -0.4 is 5.32 Å². The van der Waals surface area contributed by atoms with E-state index >= 15 is 0 Å². The molecule has 4 rings (SSSR count). The first-order chi connectivity index (χ1) is 12.5. The number of aryl methyl sites for hydroxylation is 1. The lowest BCUT2D eigenvalue weighted by atomic mass is 9.92. The van der Waals surface area contributed by atoms with Crippen LogP contribution in [0.2, 0.25) is 0 Å². The van der Waals surface area contributed by atoms with E-state index < -0.39 is 6.29 Å². The molecule has 1 amide bonds. The van der Waals surface area contributed by atoms with Crippen LogP contribution in [-0.2, 0) is 24.1 Å². The van der Waals surface area contributed by atoms with Gasteiger partial charge in [-0.25, -0.2) is 0 Å². The van der Waals surface area contributed by atoms with E-state index in [1.54, 1.807) is 0 Å². The molecule has 26 heavy (non-hydrogen) atoms. The van der Waals surface area contributed by atoms with Crippen molar-refractivity contribution in [2.45, 2.75) is 44.8 Å². The van der Waals surface area contributed by atoms with Crippen molar-refractivity contribution in [1.29, 1.82) is 0 Å². The number of rotatable bonds is 4. The van der Waals surface area contributed by atoms with E-state index in [1.807, 2.05) is 24.3 Å². The van der Waals surface area contributed by atoms with Crippen LogP contribution in [-0.4, -0.2) is 27.4 Å². The summed E-state index contributed by atoms with van der Waals surface area (Å²) in [6, 6.07) is 5.74. The van der Waals surface area contributed by atoms with Gasteiger partial charge in [0, 0.05) is 33.5 Å². The van der Waals surface area contributed by atoms with Crippen molar-refractivity contribution in [2.24, 2.45) is 0 Å². The predicted molar refractivity (Wildman–Crippen MR) is 105 cm³/mol. The second-order valence-corrected chi connectivity index (χ2v) is 7.82. The largest absolute Gasteiger partial charge is 0.368 e. The van der Waals surface area contributed by atoms with Gasteiger partial charge in [0.15, 0.2) is 6.29 Å². The van der Waals surface area contributed by atoms with Gasteiger partial charge in [0.2, 0.25) is 0 Å². The summed E-state index contributed by atoms with van der Waals surface area (Å²) >= 11 is 3.47. The zero-order valence-electron chi connectivity index (χ0n) is 14.3. The van der Waals surface area contributed by atoms with Crippen molar-refractivity contribution < 1.29 is 15.0 Å². The molecule has 0 spiro atoms. The molecule has 0 saturated carbocycles. The minimum atomic E-state index is -1.32. The van der Waals surface area contributed by atoms with Gasteiger partial charge in [-0.05, 0) is 67.5 Å². The van der Waals surface area contributed by atoms with Gasteiger partial charge in [-0.15, -0.1) is 0 Å². The molecule has 4 N–H and O–H groups in total. The lowest BCUT2D eigenvalue weighted by Gasteiger charge is -2.13. The van der Waals surface area contributed by atoms with E-state index in [9.17, 15) is 15.0 Å². The van der Waals surface area contributed by atoms with Gasteiger partial charge in [-0.1, -0.05) is 15.9 Å². The number of aliphatic hydroxyl groups is 2. The van der Waals surface area contributed by atoms with Crippen LogP contribution in [0.5, 0.6) is 0 Å². The first kappa shape index (κ1) is 17.5. The topological polar surface area (TPSA) is 85.4 Å². The summed E-state index contributed by atoms with van der Waals surface area (Å²) in [5, 5.41) is 21.5. The third-order valence-electron chi connectivity index (χ3n) is 5.15. The Bertz CT molecular complexity index is 899. The molecule has 1 aliphatic heterocycles. The lowest BCUT2D eigenvalue weighted by molar-refractivity contribution is -0.110. The van der Waals surface area contributed by atoms with Crippen molar-refractivity contribution in [3.63, 3.8) is 0 Å². The zero-order valence-corrected chi connectivity index (χ0v) is 15.9. The number of H-pyrrole nitrogens is 1. The third-order valence-corrected chi connectivity index (χ3v) is 5.64. The summed E-state index contributed by atoms with van der Waals surface area (Å²) in [4.78, 5) is 16.0. The molecule has 2 heterocycles. The van der Waals surface area contributed by atoms with E-state index in [1.165, 1.54) is 11.3 Å². The Hall–Kier alpha value is -1.89.